The van der Waals surface area contributed by atoms with E-state index in [0.717, 1.165) is 11.1 Å². The molecule has 10 nitrogen and oxygen atoms in total. The SMILES string of the molecule is COc1ccc(COC(c2ccccc2)(c2ccc(OC)cc2)C2OC(n3c([N+](=O)[O-])c(C#CCN)c4ccccc43)CC2O)cc1. The van der Waals surface area contributed by atoms with E-state index in [9.17, 15) is 15.2 Å². The Morgan fingerprint density at radius 3 is 2.19 bits per heavy atom. The number of para-hydroxylation sites is 1. The highest BCUT2D eigenvalue weighted by Crippen LogP contribution is 2.49. The van der Waals surface area contributed by atoms with Crippen LogP contribution < -0.4 is 15.2 Å². The fourth-order valence-electron chi connectivity index (χ4n) is 6.35. The molecule has 0 aliphatic carbocycles. The molecule has 4 unspecified atom stereocenters. The molecule has 0 spiro atoms. The van der Waals surface area contributed by atoms with E-state index in [4.69, 9.17) is 24.7 Å². The van der Waals surface area contributed by atoms with Gasteiger partial charge < -0.3 is 39.9 Å². The van der Waals surface area contributed by atoms with Gasteiger partial charge in [0.2, 0.25) is 6.23 Å². The second kappa shape index (κ2) is 13.7. The maximum Gasteiger partial charge on any atom is 0.342 e. The molecule has 0 saturated carbocycles. The zero-order valence-electron chi connectivity index (χ0n) is 26.0. The van der Waals surface area contributed by atoms with Gasteiger partial charge in [-0.3, -0.25) is 0 Å². The van der Waals surface area contributed by atoms with Crippen LogP contribution in [-0.4, -0.2) is 47.6 Å². The number of fused-ring (bicyclic) bond motifs is 1. The van der Waals surface area contributed by atoms with Gasteiger partial charge in [0.25, 0.3) is 0 Å². The molecule has 4 atom stereocenters. The first-order chi connectivity index (χ1) is 22.9. The van der Waals surface area contributed by atoms with Gasteiger partial charge in [-0.15, -0.1) is 0 Å². The molecule has 47 heavy (non-hydrogen) atoms. The Kier molecular flexibility index (Phi) is 9.24. The van der Waals surface area contributed by atoms with E-state index in [2.05, 4.69) is 11.8 Å². The minimum absolute atomic E-state index is 0.0460. The molecule has 5 aromatic rings. The van der Waals surface area contributed by atoms with E-state index in [0.29, 0.717) is 28.0 Å². The first kappa shape index (κ1) is 31.8. The summed E-state index contributed by atoms with van der Waals surface area (Å²) >= 11 is 0. The van der Waals surface area contributed by atoms with Crippen LogP contribution in [0, 0.1) is 22.0 Å². The second-order valence-corrected chi connectivity index (χ2v) is 11.1. The largest absolute Gasteiger partial charge is 0.497 e. The molecule has 1 aromatic heterocycles. The number of hydrogen-bond donors (Lipinski definition) is 2. The van der Waals surface area contributed by atoms with Gasteiger partial charge in [0.1, 0.15) is 34.3 Å². The van der Waals surface area contributed by atoms with Crippen LogP contribution in [0.25, 0.3) is 10.9 Å². The smallest absolute Gasteiger partial charge is 0.342 e. The number of nitro groups is 1. The molecule has 4 aromatic carbocycles. The van der Waals surface area contributed by atoms with Gasteiger partial charge in [-0.1, -0.05) is 78.6 Å². The van der Waals surface area contributed by atoms with Crippen molar-refractivity contribution in [2.24, 2.45) is 5.73 Å². The van der Waals surface area contributed by atoms with Gasteiger partial charge in [0.05, 0.1) is 33.5 Å². The van der Waals surface area contributed by atoms with Gasteiger partial charge in [-0.05, 0) is 58.0 Å². The molecule has 1 aliphatic heterocycles. The zero-order chi connectivity index (χ0) is 33.0. The van der Waals surface area contributed by atoms with Crippen LogP contribution in [0.2, 0.25) is 0 Å². The van der Waals surface area contributed by atoms with E-state index in [1.54, 1.807) is 38.5 Å². The summed E-state index contributed by atoms with van der Waals surface area (Å²) < 4.78 is 26.0. The first-order valence-electron chi connectivity index (χ1n) is 15.2. The Hall–Kier alpha value is -5.18. The van der Waals surface area contributed by atoms with Gasteiger partial charge >= 0.3 is 5.82 Å². The molecule has 6 rings (SSSR count). The lowest BCUT2D eigenvalue weighted by Gasteiger charge is -2.40. The van der Waals surface area contributed by atoms with Crippen molar-refractivity contribution in [3.8, 4) is 23.3 Å². The molecular formula is C37H35N3O7. The Labute approximate surface area is 272 Å². The van der Waals surface area contributed by atoms with Gasteiger partial charge in [0, 0.05) is 11.8 Å². The average Bonchev–Trinajstić information content (AvgIpc) is 3.66. The molecule has 1 saturated heterocycles. The average molecular weight is 634 g/mol. The molecule has 1 fully saturated rings. The number of ether oxygens (including phenoxy) is 4. The van der Waals surface area contributed by atoms with Crippen molar-refractivity contribution < 1.29 is 29.0 Å². The number of aliphatic hydroxyl groups is 1. The summed E-state index contributed by atoms with van der Waals surface area (Å²) in [4.78, 5) is 12.2. The van der Waals surface area contributed by atoms with Crippen LogP contribution in [0.1, 0.15) is 34.9 Å². The zero-order valence-corrected chi connectivity index (χ0v) is 26.0. The monoisotopic (exact) mass is 633 g/mol. The van der Waals surface area contributed by atoms with Crippen LogP contribution >= 0.6 is 0 Å². The Bertz CT molecular complexity index is 1910. The van der Waals surface area contributed by atoms with E-state index < -0.39 is 29.0 Å². The third kappa shape index (κ3) is 5.93. The Balaban J connectivity index is 1.51. The standard InChI is InChI=1S/C37H35N3O7/c1-44-28-18-14-25(15-19-28)24-46-37(26-9-4-3-5-10-26,27-16-20-29(45-2)21-17-27)35-33(41)23-34(47-35)39-32-13-7-6-11-30(32)31(12-8-22-38)36(39)40(42)43/h3-7,9-11,13-21,33-35,41H,22-24,38H2,1-2H3. The minimum atomic E-state index is -1.35. The molecule has 1 aliphatic rings. The predicted molar refractivity (Wildman–Crippen MR) is 177 cm³/mol. The highest BCUT2D eigenvalue weighted by Gasteiger charge is 2.54. The van der Waals surface area contributed by atoms with Crippen molar-refractivity contribution in [3.63, 3.8) is 0 Å². The number of benzene rings is 4. The molecule has 240 valence electrons. The third-order valence-electron chi connectivity index (χ3n) is 8.51. The maximum atomic E-state index is 12.6. The van der Waals surface area contributed by atoms with Gasteiger partial charge in [0.15, 0.2) is 0 Å². The van der Waals surface area contributed by atoms with Crippen molar-refractivity contribution in [2.45, 2.75) is 37.1 Å². The summed E-state index contributed by atoms with van der Waals surface area (Å²) in [5.41, 5.74) is 7.43. The molecule has 3 N–H and O–H groups in total. The number of hydrogen-bond acceptors (Lipinski definition) is 8. The van der Waals surface area contributed by atoms with Crippen LogP contribution in [0.4, 0.5) is 5.82 Å². The third-order valence-corrected chi connectivity index (χ3v) is 8.51. The normalized spacial score (nSPS) is 18.7. The second-order valence-electron chi connectivity index (χ2n) is 11.1. The number of rotatable bonds is 10. The predicted octanol–water partition coefficient (Wildman–Crippen LogP) is 5.69. The number of nitrogens with two attached hydrogens (primary N) is 1. The fraction of sp³-hybridized carbons (Fsp3) is 0.243. The Morgan fingerprint density at radius 2 is 1.55 bits per heavy atom. The van der Waals surface area contributed by atoms with Crippen molar-refractivity contribution in [1.29, 1.82) is 0 Å². The van der Waals surface area contributed by atoms with Gasteiger partial charge in [-0.2, -0.15) is 4.57 Å². The maximum absolute atomic E-state index is 12.6. The lowest BCUT2D eigenvalue weighted by atomic mass is 9.79. The number of nitrogens with zero attached hydrogens (tertiary/aromatic N) is 2. The summed E-state index contributed by atoms with van der Waals surface area (Å²) in [5.74, 6) is 6.80. The molecule has 0 bridgehead atoms. The van der Waals surface area contributed by atoms with E-state index >= 15 is 0 Å². The lowest BCUT2D eigenvalue weighted by molar-refractivity contribution is -0.393. The molecule has 0 radical (unpaired) electrons. The van der Waals surface area contributed by atoms with Crippen LogP contribution in [-0.2, 0) is 21.7 Å². The fourth-order valence-corrected chi connectivity index (χ4v) is 6.35. The minimum Gasteiger partial charge on any atom is -0.497 e. The highest BCUT2D eigenvalue weighted by molar-refractivity contribution is 5.91. The molecule has 2 heterocycles. The van der Waals surface area contributed by atoms with E-state index in [1.807, 2.05) is 78.9 Å². The summed E-state index contributed by atoms with van der Waals surface area (Å²) in [6, 6.07) is 31.7. The summed E-state index contributed by atoms with van der Waals surface area (Å²) in [6.07, 6.45) is -2.93. The summed E-state index contributed by atoms with van der Waals surface area (Å²) in [5, 5.41) is 25.1. The van der Waals surface area contributed by atoms with Crippen molar-refractivity contribution in [3.05, 3.63) is 135 Å². The first-order valence-corrected chi connectivity index (χ1v) is 15.2. The van der Waals surface area contributed by atoms with Crippen molar-refractivity contribution >= 4 is 16.7 Å². The van der Waals surface area contributed by atoms with Crippen LogP contribution in [0.15, 0.2) is 103 Å². The van der Waals surface area contributed by atoms with Crippen molar-refractivity contribution in [1.82, 2.24) is 4.57 Å². The van der Waals surface area contributed by atoms with Gasteiger partial charge in [-0.25, -0.2) is 0 Å². The van der Waals surface area contributed by atoms with E-state index in [-0.39, 0.29) is 31.0 Å². The number of aliphatic hydroxyl groups excluding tert-OH is 1. The van der Waals surface area contributed by atoms with Crippen LogP contribution in [0.3, 0.4) is 0 Å². The molecule has 10 heteroatoms. The summed E-state index contributed by atoms with van der Waals surface area (Å²) in [7, 11) is 3.20. The van der Waals surface area contributed by atoms with Crippen molar-refractivity contribution in [2.75, 3.05) is 20.8 Å². The highest BCUT2D eigenvalue weighted by atomic mass is 16.6. The van der Waals surface area contributed by atoms with Crippen LogP contribution in [0.5, 0.6) is 11.5 Å². The number of aromatic nitrogens is 1. The summed E-state index contributed by atoms with van der Waals surface area (Å²) in [6.45, 7) is 0.206. The molecule has 0 amide bonds. The Morgan fingerprint density at radius 1 is 0.936 bits per heavy atom. The topological polar surface area (TPSA) is 131 Å². The molecular weight excluding hydrogens is 598 g/mol. The van der Waals surface area contributed by atoms with E-state index in [1.165, 1.54) is 4.57 Å². The lowest BCUT2D eigenvalue weighted by Crippen LogP contribution is -2.48. The number of methoxy groups -OCH3 is 2. The quantitative estimate of drug-likeness (QED) is 0.114.